The Balaban J connectivity index is 0.00000106. The van der Waals surface area contributed by atoms with Gasteiger partial charge in [-0.15, -0.1) is 0 Å². The predicted octanol–water partition coefficient (Wildman–Crippen LogP) is 6.57. The Morgan fingerprint density at radius 1 is 1.00 bits per heavy atom. The van der Waals surface area contributed by atoms with Gasteiger partial charge in [-0.2, -0.15) is 0 Å². The third kappa shape index (κ3) is 10.0. The Labute approximate surface area is 226 Å². The van der Waals surface area contributed by atoms with Gasteiger partial charge in [-0.25, -0.2) is 0 Å². The summed E-state index contributed by atoms with van der Waals surface area (Å²) in [5, 5.41) is 6.84. The maximum absolute atomic E-state index is 12.0. The molecule has 2 atom stereocenters. The van der Waals surface area contributed by atoms with E-state index in [-0.39, 0.29) is 29.4 Å². The first-order valence-electron chi connectivity index (χ1n) is 14.9. The van der Waals surface area contributed by atoms with E-state index in [2.05, 4.69) is 22.8 Å². The highest BCUT2D eigenvalue weighted by Crippen LogP contribution is 2.39. The molecule has 2 saturated heterocycles. The first-order chi connectivity index (χ1) is 18.1. The van der Waals surface area contributed by atoms with Gasteiger partial charge in [0.25, 0.3) is 0 Å². The fourth-order valence-corrected chi connectivity index (χ4v) is 5.50. The van der Waals surface area contributed by atoms with E-state index in [1.807, 2.05) is 53.7 Å². The van der Waals surface area contributed by atoms with Gasteiger partial charge in [-0.3, -0.25) is 9.59 Å². The van der Waals surface area contributed by atoms with Crippen molar-refractivity contribution in [2.24, 2.45) is 0 Å². The van der Waals surface area contributed by atoms with Crippen molar-refractivity contribution in [3.63, 3.8) is 0 Å². The van der Waals surface area contributed by atoms with Crippen molar-refractivity contribution >= 4 is 11.7 Å². The van der Waals surface area contributed by atoms with E-state index in [0.717, 1.165) is 57.2 Å². The van der Waals surface area contributed by atoms with Gasteiger partial charge in [0, 0.05) is 12.8 Å². The van der Waals surface area contributed by atoms with Crippen LogP contribution in [0.5, 0.6) is 5.75 Å². The van der Waals surface area contributed by atoms with E-state index in [1.165, 1.54) is 5.56 Å². The van der Waals surface area contributed by atoms with Crippen LogP contribution in [0.25, 0.3) is 0 Å². The minimum atomic E-state index is -0.108. The van der Waals surface area contributed by atoms with Crippen molar-refractivity contribution in [2.45, 2.75) is 130 Å². The second-order valence-corrected chi connectivity index (χ2v) is 9.46. The van der Waals surface area contributed by atoms with Crippen molar-refractivity contribution in [3.8, 4) is 5.75 Å². The van der Waals surface area contributed by atoms with E-state index >= 15 is 0 Å². The number of ketones is 1. The number of rotatable bonds is 8. The van der Waals surface area contributed by atoms with Crippen LogP contribution in [0.3, 0.4) is 0 Å². The van der Waals surface area contributed by atoms with Crippen LogP contribution in [0.4, 0.5) is 0 Å². The molecule has 6 nitrogen and oxygen atoms in total. The van der Waals surface area contributed by atoms with E-state index in [1.54, 1.807) is 6.92 Å². The molecule has 3 fully saturated rings. The van der Waals surface area contributed by atoms with Gasteiger partial charge in [-0.05, 0) is 76.0 Å². The molecule has 2 N–H and O–H groups in total. The first-order valence-corrected chi connectivity index (χ1v) is 14.9. The van der Waals surface area contributed by atoms with E-state index in [9.17, 15) is 9.59 Å². The Bertz CT molecular complexity index is 776. The molecular formula is C31H54N2O4. The molecular weight excluding hydrogens is 464 g/mol. The number of piperidine rings is 1. The summed E-state index contributed by atoms with van der Waals surface area (Å²) < 4.78 is 12.3. The van der Waals surface area contributed by atoms with Crippen LogP contribution in [0.15, 0.2) is 24.3 Å². The van der Waals surface area contributed by atoms with Crippen LogP contribution < -0.4 is 15.4 Å². The molecule has 2 heterocycles. The van der Waals surface area contributed by atoms with Gasteiger partial charge in [0.1, 0.15) is 11.5 Å². The van der Waals surface area contributed by atoms with E-state index < -0.39 is 0 Å². The topological polar surface area (TPSA) is 76.7 Å². The summed E-state index contributed by atoms with van der Waals surface area (Å²) in [5.41, 5.74) is 1.15. The molecule has 0 aromatic heterocycles. The lowest BCUT2D eigenvalue weighted by Crippen LogP contribution is -2.60. The van der Waals surface area contributed by atoms with Gasteiger partial charge in [-0.1, -0.05) is 59.7 Å². The molecule has 0 bridgehead atoms. The summed E-state index contributed by atoms with van der Waals surface area (Å²) >= 11 is 0. The molecule has 0 radical (unpaired) electrons. The molecule has 212 valence electrons. The number of hydrogen-bond donors (Lipinski definition) is 2. The maximum atomic E-state index is 12.0. The van der Waals surface area contributed by atoms with Gasteiger partial charge in [0.05, 0.1) is 30.9 Å². The highest BCUT2D eigenvalue weighted by atomic mass is 16.5. The summed E-state index contributed by atoms with van der Waals surface area (Å²) in [5.74, 6) is 1.73. The summed E-state index contributed by atoms with van der Waals surface area (Å²) in [6.07, 6.45) is 8.65. The molecule has 6 heteroatoms. The van der Waals surface area contributed by atoms with Crippen molar-refractivity contribution in [1.82, 2.24) is 10.6 Å². The molecule has 1 aliphatic carbocycles. The zero-order valence-corrected chi connectivity index (χ0v) is 24.7. The number of para-hydroxylation sites is 1. The second kappa shape index (κ2) is 18.4. The lowest BCUT2D eigenvalue weighted by molar-refractivity contribution is -0.125. The average molecular weight is 519 g/mol. The molecule has 37 heavy (non-hydrogen) atoms. The summed E-state index contributed by atoms with van der Waals surface area (Å²) in [7, 11) is 0. The number of benzene rings is 1. The number of carbonyl (C=O) groups excluding carboxylic acids is 2. The molecule has 4 rings (SSSR count). The average Bonchev–Trinajstić information content (AvgIpc) is 3.32. The zero-order valence-electron chi connectivity index (χ0n) is 24.7. The molecule has 1 aromatic carbocycles. The van der Waals surface area contributed by atoms with Gasteiger partial charge < -0.3 is 20.1 Å². The Morgan fingerprint density at radius 2 is 1.68 bits per heavy atom. The van der Waals surface area contributed by atoms with Crippen LogP contribution in [0, 0.1) is 0 Å². The van der Waals surface area contributed by atoms with E-state index in [0.29, 0.717) is 32.0 Å². The quantitative estimate of drug-likeness (QED) is 0.407. The molecule has 1 spiro atoms. The van der Waals surface area contributed by atoms with Gasteiger partial charge in [0.15, 0.2) is 0 Å². The molecule has 2 unspecified atom stereocenters. The molecule has 1 amide bonds. The molecule has 3 aliphatic rings. The van der Waals surface area contributed by atoms with E-state index in [4.69, 9.17) is 9.47 Å². The van der Waals surface area contributed by atoms with Crippen molar-refractivity contribution < 1.29 is 19.1 Å². The van der Waals surface area contributed by atoms with Crippen molar-refractivity contribution in [2.75, 3.05) is 19.8 Å². The highest BCUT2D eigenvalue weighted by molar-refractivity contribution is 5.78. The Kier molecular flexibility index (Phi) is 16.4. The maximum Gasteiger partial charge on any atom is 0.220 e. The molecule has 1 saturated carbocycles. The van der Waals surface area contributed by atoms with Crippen molar-refractivity contribution in [3.05, 3.63) is 29.8 Å². The third-order valence-electron chi connectivity index (χ3n) is 7.29. The van der Waals surface area contributed by atoms with Crippen LogP contribution >= 0.6 is 0 Å². The fraction of sp³-hybridized carbons (Fsp3) is 0.742. The smallest absolute Gasteiger partial charge is 0.220 e. The zero-order chi connectivity index (χ0) is 27.7. The Morgan fingerprint density at radius 3 is 2.32 bits per heavy atom. The predicted molar refractivity (Wildman–Crippen MR) is 153 cm³/mol. The highest BCUT2D eigenvalue weighted by Gasteiger charge is 2.45. The summed E-state index contributed by atoms with van der Waals surface area (Å²) in [4.78, 5) is 23.2. The number of ether oxygens (including phenoxy) is 2. The largest absolute Gasteiger partial charge is 0.493 e. The first kappa shape index (κ1) is 33.1. The summed E-state index contributed by atoms with van der Waals surface area (Å²) in [6, 6.07) is 8.45. The normalized spacial score (nSPS) is 26.4. The number of nitrogens with one attached hydrogen (secondary N) is 2. The fourth-order valence-electron chi connectivity index (χ4n) is 5.50. The lowest BCUT2D eigenvalue weighted by Gasteiger charge is -2.40. The van der Waals surface area contributed by atoms with Crippen LogP contribution in [0.2, 0.25) is 0 Å². The third-order valence-corrected chi connectivity index (χ3v) is 7.29. The van der Waals surface area contributed by atoms with Crippen LogP contribution in [0.1, 0.15) is 118 Å². The van der Waals surface area contributed by atoms with Crippen LogP contribution in [-0.2, 0) is 14.3 Å². The second-order valence-electron chi connectivity index (χ2n) is 9.46. The van der Waals surface area contributed by atoms with Crippen molar-refractivity contribution in [1.29, 1.82) is 0 Å². The summed E-state index contributed by atoms with van der Waals surface area (Å²) in [6.45, 7) is 15.7. The SMILES string of the molecule is CC.CC.CC.CC(=O)CCOc1ccccc1C1CCC(OCC2NCCC23CCCC(=O)N3)CC1. The lowest BCUT2D eigenvalue weighted by atomic mass is 9.81. The monoisotopic (exact) mass is 518 g/mol. The number of carbonyl (C=O) groups is 2. The van der Waals surface area contributed by atoms with Gasteiger partial charge in [0.2, 0.25) is 5.91 Å². The Hall–Kier alpha value is -1.92. The minimum absolute atomic E-state index is 0.108. The number of amides is 1. The van der Waals surface area contributed by atoms with Gasteiger partial charge >= 0.3 is 0 Å². The standard InChI is InChI=1S/C25H36N2O4.3C2H6/c1-18(28)12-16-30-22-6-3-2-5-21(22)19-8-10-20(11-9-19)31-17-23-25(14-15-26-23)13-4-7-24(29)27-25;3*1-2/h2-3,5-6,19-20,23,26H,4,7-17H2,1H3,(H,27,29);3*1-2H3. The molecule has 2 aliphatic heterocycles. The number of Topliss-reactive ketones (excluding diaryl/α,β-unsaturated/α-hetero) is 1. The minimum Gasteiger partial charge on any atom is -0.493 e. The van der Waals surface area contributed by atoms with Crippen LogP contribution in [-0.4, -0.2) is 49.1 Å². The molecule has 1 aromatic rings. The number of hydrogen-bond acceptors (Lipinski definition) is 5.